The van der Waals surface area contributed by atoms with E-state index in [1.54, 1.807) is 6.08 Å². The number of hydrogen-bond acceptors (Lipinski definition) is 3. The fourth-order valence-corrected chi connectivity index (χ4v) is 3.96. The zero-order valence-corrected chi connectivity index (χ0v) is 15.2. The van der Waals surface area contributed by atoms with Crippen LogP contribution in [0.4, 0.5) is 0 Å². The third-order valence-corrected chi connectivity index (χ3v) is 5.37. The fraction of sp³-hybridized carbons (Fsp3) is 0.714. The Balaban J connectivity index is 2.01. The SMILES string of the molecule is CCCCCC(=O)/C=C/[C@@H]1[C@H]2C/C=C\CCCC(=O)O[C@H]2C[C@H]1C. The number of ketones is 1. The van der Waals surface area contributed by atoms with Crippen molar-refractivity contribution in [3.8, 4) is 0 Å². The normalized spacial score (nSPS) is 32.3. The summed E-state index contributed by atoms with van der Waals surface area (Å²) in [7, 11) is 0. The Kier molecular flexibility index (Phi) is 7.74. The van der Waals surface area contributed by atoms with Gasteiger partial charge in [0.15, 0.2) is 5.78 Å². The van der Waals surface area contributed by atoms with Crippen LogP contribution in [-0.2, 0) is 14.3 Å². The Morgan fingerprint density at radius 3 is 2.96 bits per heavy atom. The molecule has 1 fully saturated rings. The highest BCUT2D eigenvalue weighted by Crippen LogP contribution is 2.42. The quantitative estimate of drug-likeness (QED) is 0.297. The molecule has 0 bridgehead atoms. The summed E-state index contributed by atoms with van der Waals surface area (Å²) < 4.78 is 5.75. The fourth-order valence-electron chi connectivity index (χ4n) is 3.96. The molecular weight excluding hydrogens is 300 g/mol. The predicted octanol–water partition coefficient (Wildman–Crippen LogP) is 5.01. The van der Waals surface area contributed by atoms with E-state index in [1.165, 1.54) is 0 Å². The van der Waals surface area contributed by atoms with Gasteiger partial charge in [0.25, 0.3) is 0 Å². The van der Waals surface area contributed by atoms with Gasteiger partial charge in [-0.1, -0.05) is 44.9 Å². The Hall–Kier alpha value is -1.38. The molecule has 0 saturated heterocycles. The number of hydrogen-bond donors (Lipinski definition) is 0. The van der Waals surface area contributed by atoms with Crippen molar-refractivity contribution in [1.82, 2.24) is 0 Å². The molecule has 3 nitrogen and oxygen atoms in total. The summed E-state index contributed by atoms with van der Waals surface area (Å²) >= 11 is 0. The molecular formula is C21H32O3. The van der Waals surface area contributed by atoms with E-state index in [-0.39, 0.29) is 17.9 Å². The van der Waals surface area contributed by atoms with Gasteiger partial charge in [-0.05, 0) is 50.0 Å². The van der Waals surface area contributed by atoms with E-state index in [0.717, 1.165) is 44.9 Å². The van der Waals surface area contributed by atoms with Crippen molar-refractivity contribution in [3.63, 3.8) is 0 Å². The lowest BCUT2D eigenvalue weighted by atomic mass is 9.86. The number of carbonyl (C=O) groups is 2. The topological polar surface area (TPSA) is 43.4 Å². The van der Waals surface area contributed by atoms with Crippen molar-refractivity contribution in [3.05, 3.63) is 24.3 Å². The Bertz CT molecular complexity index is 477. The van der Waals surface area contributed by atoms with Crippen LogP contribution in [0.2, 0.25) is 0 Å². The van der Waals surface area contributed by atoms with Gasteiger partial charge in [-0.3, -0.25) is 9.59 Å². The Labute approximate surface area is 146 Å². The van der Waals surface area contributed by atoms with Crippen LogP contribution in [0.1, 0.15) is 71.6 Å². The molecule has 134 valence electrons. The summed E-state index contributed by atoms with van der Waals surface area (Å²) in [5.41, 5.74) is 0. The van der Waals surface area contributed by atoms with E-state index in [4.69, 9.17) is 4.74 Å². The van der Waals surface area contributed by atoms with Gasteiger partial charge in [0.05, 0.1) is 0 Å². The lowest BCUT2D eigenvalue weighted by Gasteiger charge is -2.23. The van der Waals surface area contributed by atoms with Gasteiger partial charge in [0.1, 0.15) is 6.10 Å². The van der Waals surface area contributed by atoms with Gasteiger partial charge < -0.3 is 4.74 Å². The maximum absolute atomic E-state index is 12.0. The van der Waals surface area contributed by atoms with E-state index in [9.17, 15) is 9.59 Å². The second-order valence-electron chi connectivity index (χ2n) is 7.36. The monoisotopic (exact) mass is 332 g/mol. The third-order valence-electron chi connectivity index (χ3n) is 5.37. The molecule has 0 aromatic carbocycles. The number of rotatable bonds is 6. The first-order chi connectivity index (χ1) is 11.6. The molecule has 2 rings (SSSR count). The molecule has 3 heteroatoms. The zero-order valence-electron chi connectivity index (χ0n) is 15.2. The zero-order chi connectivity index (χ0) is 17.4. The van der Waals surface area contributed by atoms with Crippen molar-refractivity contribution in [2.45, 2.75) is 77.7 Å². The predicted molar refractivity (Wildman–Crippen MR) is 96.5 cm³/mol. The van der Waals surface area contributed by atoms with Crippen LogP contribution in [0.25, 0.3) is 0 Å². The first kappa shape index (κ1) is 19.0. The van der Waals surface area contributed by atoms with Gasteiger partial charge in [-0.2, -0.15) is 0 Å². The third kappa shape index (κ3) is 5.61. The molecule has 1 aliphatic carbocycles. The van der Waals surface area contributed by atoms with E-state index in [1.807, 2.05) is 0 Å². The lowest BCUT2D eigenvalue weighted by Crippen LogP contribution is -2.25. The minimum Gasteiger partial charge on any atom is -0.462 e. The molecule has 0 aromatic heterocycles. The molecule has 0 radical (unpaired) electrons. The number of unbranched alkanes of at least 4 members (excludes halogenated alkanes) is 2. The lowest BCUT2D eigenvalue weighted by molar-refractivity contribution is -0.151. The number of allylic oxidation sites excluding steroid dienone is 4. The van der Waals surface area contributed by atoms with Crippen LogP contribution < -0.4 is 0 Å². The van der Waals surface area contributed by atoms with Crippen LogP contribution in [0.15, 0.2) is 24.3 Å². The van der Waals surface area contributed by atoms with Crippen molar-refractivity contribution in [2.75, 3.05) is 0 Å². The van der Waals surface area contributed by atoms with E-state index < -0.39 is 0 Å². The van der Waals surface area contributed by atoms with Crippen LogP contribution in [0.3, 0.4) is 0 Å². The average molecular weight is 332 g/mol. The van der Waals surface area contributed by atoms with Crippen LogP contribution in [0, 0.1) is 17.8 Å². The molecule has 0 aromatic rings. The highest BCUT2D eigenvalue weighted by molar-refractivity contribution is 5.89. The Morgan fingerprint density at radius 1 is 1.33 bits per heavy atom. The smallest absolute Gasteiger partial charge is 0.306 e. The molecule has 0 amide bonds. The number of ether oxygens (including phenoxy) is 1. The molecule has 0 spiro atoms. The van der Waals surface area contributed by atoms with Crippen LogP contribution >= 0.6 is 0 Å². The van der Waals surface area contributed by atoms with Gasteiger partial charge in [0, 0.05) is 18.8 Å². The highest BCUT2D eigenvalue weighted by Gasteiger charge is 2.41. The van der Waals surface area contributed by atoms with E-state index >= 15 is 0 Å². The first-order valence-electron chi connectivity index (χ1n) is 9.67. The number of fused-ring (bicyclic) bond motifs is 1. The molecule has 0 unspecified atom stereocenters. The van der Waals surface area contributed by atoms with Gasteiger partial charge >= 0.3 is 5.97 Å². The second kappa shape index (κ2) is 9.80. The number of carbonyl (C=O) groups excluding carboxylic acids is 2. The molecule has 24 heavy (non-hydrogen) atoms. The highest BCUT2D eigenvalue weighted by atomic mass is 16.5. The van der Waals surface area contributed by atoms with Crippen molar-refractivity contribution in [1.29, 1.82) is 0 Å². The summed E-state index contributed by atoms with van der Waals surface area (Å²) in [6, 6.07) is 0. The van der Waals surface area contributed by atoms with E-state index in [0.29, 0.717) is 30.6 Å². The summed E-state index contributed by atoms with van der Waals surface area (Å²) in [6.45, 7) is 4.36. The molecule has 1 heterocycles. The molecule has 1 saturated carbocycles. The number of esters is 1. The first-order valence-corrected chi connectivity index (χ1v) is 9.67. The summed E-state index contributed by atoms with van der Waals surface area (Å²) in [5.74, 6) is 1.24. The van der Waals surface area contributed by atoms with Gasteiger partial charge in [0.2, 0.25) is 0 Å². The summed E-state index contributed by atoms with van der Waals surface area (Å²) in [4.78, 5) is 24.0. The maximum atomic E-state index is 12.0. The minimum absolute atomic E-state index is 0.0000865. The van der Waals surface area contributed by atoms with Gasteiger partial charge in [-0.15, -0.1) is 0 Å². The van der Waals surface area contributed by atoms with Crippen LogP contribution in [-0.4, -0.2) is 17.9 Å². The second-order valence-corrected chi connectivity index (χ2v) is 7.36. The summed E-state index contributed by atoms with van der Waals surface area (Å²) in [6.07, 6.45) is 16.3. The summed E-state index contributed by atoms with van der Waals surface area (Å²) in [5, 5.41) is 0. The molecule has 4 atom stereocenters. The standard InChI is InChI=1S/C21H32O3/c1-3-4-7-10-17(22)13-14-18-16(2)15-20-19(18)11-8-5-6-9-12-21(23)24-20/h5,8,13-14,16,18-20H,3-4,6-7,9-12,15H2,1-2H3/b8-5-,14-13+/t16-,18+,19-,20+/m1/s1. The van der Waals surface area contributed by atoms with Crippen molar-refractivity contribution < 1.29 is 14.3 Å². The molecule has 0 N–H and O–H groups in total. The van der Waals surface area contributed by atoms with Crippen molar-refractivity contribution >= 4 is 11.8 Å². The Morgan fingerprint density at radius 2 is 2.17 bits per heavy atom. The average Bonchev–Trinajstić information content (AvgIpc) is 2.84. The van der Waals surface area contributed by atoms with Gasteiger partial charge in [-0.25, -0.2) is 0 Å². The largest absolute Gasteiger partial charge is 0.462 e. The molecule has 2 aliphatic rings. The maximum Gasteiger partial charge on any atom is 0.306 e. The minimum atomic E-state index is -0.0622. The van der Waals surface area contributed by atoms with E-state index in [2.05, 4.69) is 32.1 Å². The molecule has 1 aliphatic heterocycles. The van der Waals surface area contributed by atoms with Crippen molar-refractivity contribution in [2.24, 2.45) is 17.8 Å². The van der Waals surface area contributed by atoms with Crippen LogP contribution in [0.5, 0.6) is 0 Å².